The van der Waals surface area contributed by atoms with Gasteiger partial charge in [-0.05, 0) is 43.2 Å². The van der Waals surface area contributed by atoms with Crippen LogP contribution < -0.4 is 9.47 Å². The van der Waals surface area contributed by atoms with Gasteiger partial charge in [0.15, 0.2) is 5.58 Å². The van der Waals surface area contributed by atoms with Crippen molar-refractivity contribution in [3.63, 3.8) is 0 Å². The molecule has 1 aromatic heterocycles. The second kappa shape index (κ2) is 8.56. The van der Waals surface area contributed by atoms with Gasteiger partial charge < -0.3 is 14.0 Å². The fraction of sp³-hybridized carbons (Fsp3) is 0.381. The second-order valence-corrected chi connectivity index (χ2v) is 5.94. The zero-order chi connectivity index (χ0) is 17.5. The maximum absolute atomic E-state index is 6.00. The number of nitrogens with zero attached hydrogens (tertiary/aromatic N) is 1. The normalized spacial score (nSPS) is 11.0. The Hall–Kier alpha value is -2.49. The topological polar surface area (TPSA) is 44.5 Å². The monoisotopic (exact) mass is 338 g/mol. The van der Waals surface area contributed by atoms with Gasteiger partial charge in [0.1, 0.15) is 11.5 Å². The molecule has 25 heavy (non-hydrogen) atoms. The number of benzene rings is 2. The highest BCUT2D eigenvalue weighted by Gasteiger charge is 2.15. The molecule has 0 amide bonds. The predicted octanol–water partition coefficient (Wildman–Crippen LogP) is 4.99. The summed E-state index contributed by atoms with van der Waals surface area (Å²) in [5.74, 6) is 1.75. The summed E-state index contributed by atoms with van der Waals surface area (Å²) in [6.07, 6.45) is 3.64. The molecule has 0 fully saturated rings. The molecule has 0 saturated carbocycles. The van der Waals surface area contributed by atoms with Crippen molar-refractivity contribution in [1.29, 1.82) is 0 Å². The lowest BCUT2D eigenvalue weighted by Gasteiger charge is -2.12. The van der Waals surface area contributed by atoms with Crippen LogP contribution in [0.5, 0.6) is 11.5 Å². The van der Waals surface area contributed by atoms with E-state index in [9.17, 15) is 0 Å². The van der Waals surface area contributed by atoms with E-state index in [-0.39, 0.29) is 0 Å². The molecule has 0 spiro atoms. The molecule has 1 radical (unpaired) electrons. The van der Waals surface area contributed by atoms with E-state index in [0.717, 1.165) is 59.4 Å². The number of hydrogen-bond acceptors (Lipinski definition) is 4. The van der Waals surface area contributed by atoms with E-state index in [4.69, 9.17) is 14.0 Å². The van der Waals surface area contributed by atoms with Crippen molar-refractivity contribution in [1.82, 2.24) is 5.16 Å². The molecular weight excluding hydrogens is 314 g/mol. The van der Waals surface area contributed by atoms with Crippen LogP contribution in [0.3, 0.4) is 0 Å². The van der Waals surface area contributed by atoms with E-state index in [1.165, 1.54) is 0 Å². The van der Waals surface area contributed by atoms with E-state index in [1.54, 1.807) is 0 Å². The molecule has 131 valence electrons. The van der Waals surface area contributed by atoms with E-state index in [1.807, 2.05) is 30.3 Å². The summed E-state index contributed by atoms with van der Waals surface area (Å²) in [5.41, 5.74) is 2.99. The second-order valence-electron chi connectivity index (χ2n) is 5.94. The summed E-state index contributed by atoms with van der Waals surface area (Å²) in [6, 6.07) is 14.6. The molecule has 0 saturated heterocycles. The summed E-state index contributed by atoms with van der Waals surface area (Å²) >= 11 is 0. The molecule has 1 heterocycles. The van der Waals surface area contributed by atoms with Crippen LogP contribution in [0.4, 0.5) is 0 Å². The van der Waals surface area contributed by atoms with Crippen molar-refractivity contribution >= 4 is 11.0 Å². The lowest BCUT2D eigenvalue weighted by atomic mass is 10.0. The molecule has 4 nitrogen and oxygen atoms in total. The SMILES string of the molecule is CCCc1c(OCCCOc2cc[c]cc2)ccc2c(CC)noc12. The van der Waals surface area contributed by atoms with Crippen molar-refractivity contribution in [2.75, 3.05) is 13.2 Å². The molecule has 0 atom stereocenters. The summed E-state index contributed by atoms with van der Waals surface area (Å²) < 4.78 is 17.3. The highest BCUT2D eigenvalue weighted by Crippen LogP contribution is 2.31. The smallest absolute Gasteiger partial charge is 0.174 e. The number of rotatable bonds is 9. The van der Waals surface area contributed by atoms with E-state index in [2.05, 4.69) is 31.1 Å². The zero-order valence-corrected chi connectivity index (χ0v) is 14.9. The molecule has 3 rings (SSSR count). The van der Waals surface area contributed by atoms with Gasteiger partial charge in [-0.1, -0.05) is 37.6 Å². The maximum atomic E-state index is 6.00. The summed E-state index contributed by atoms with van der Waals surface area (Å²) in [4.78, 5) is 0. The van der Waals surface area contributed by atoms with Crippen LogP contribution in [0.25, 0.3) is 11.0 Å². The number of aromatic nitrogens is 1. The van der Waals surface area contributed by atoms with Gasteiger partial charge in [0.25, 0.3) is 0 Å². The van der Waals surface area contributed by atoms with Crippen molar-refractivity contribution in [3.05, 3.63) is 53.7 Å². The van der Waals surface area contributed by atoms with Crippen LogP contribution in [0.2, 0.25) is 0 Å². The Morgan fingerprint density at radius 1 is 1.04 bits per heavy atom. The van der Waals surface area contributed by atoms with Gasteiger partial charge in [-0.3, -0.25) is 0 Å². The first-order valence-corrected chi connectivity index (χ1v) is 8.95. The van der Waals surface area contributed by atoms with Crippen LogP contribution in [0, 0.1) is 6.07 Å². The van der Waals surface area contributed by atoms with Gasteiger partial charge in [-0.2, -0.15) is 0 Å². The minimum Gasteiger partial charge on any atom is -0.493 e. The van der Waals surface area contributed by atoms with E-state index < -0.39 is 0 Å². The van der Waals surface area contributed by atoms with Gasteiger partial charge in [0.2, 0.25) is 0 Å². The molecule has 3 aromatic rings. The Labute approximate surface area is 148 Å². The van der Waals surface area contributed by atoms with Gasteiger partial charge in [-0.15, -0.1) is 0 Å². The third kappa shape index (κ3) is 4.13. The molecule has 4 heteroatoms. The van der Waals surface area contributed by atoms with E-state index >= 15 is 0 Å². The Morgan fingerprint density at radius 3 is 2.60 bits per heavy atom. The van der Waals surface area contributed by atoms with Gasteiger partial charge in [0.05, 0.1) is 18.9 Å². The largest absolute Gasteiger partial charge is 0.493 e. The van der Waals surface area contributed by atoms with Gasteiger partial charge in [-0.25, -0.2) is 0 Å². The minimum absolute atomic E-state index is 0.607. The first kappa shape index (κ1) is 17.3. The highest BCUT2D eigenvalue weighted by atomic mass is 16.5. The number of hydrogen-bond donors (Lipinski definition) is 0. The molecule has 0 unspecified atom stereocenters. The van der Waals surface area contributed by atoms with Crippen molar-refractivity contribution in [2.24, 2.45) is 0 Å². The average Bonchev–Trinajstić information content (AvgIpc) is 3.07. The van der Waals surface area contributed by atoms with Crippen LogP contribution in [0.15, 0.2) is 40.9 Å². The number of aryl methyl sites for hydroxylation is 2. The van der Waals surface area contributed by atoms with Crippen LogP contribution in [-0.2, 0) is 12.8 Å². The van der Waals surface area contributed by atoms with Crippen LogP contribution in [0.1, 0.15) is 37.9 Å². The zero-order valence-electron chi connectivity index (χ0n) is 14.9. The number of fused-ring (bicyclic) bond motifs is 1. The van der Waals surface area contributed by atoms with Crippen molar-refractivity contribution < 1.29 is 14.0 Å². The highest BCUT2D eigenvalue weighted by molar-refractivity contribution is 5.84. The predicted molar refractivity (Wildman–Crippen MR) is 98.3 cm³/mol. The quantitative estimate of drug-likeness (QED) is 0.516. The standard InChI is InChI=1S/C21H24NO3/c1-3-9-18-20(13-12-17-19(4-2)22-25-21(17)18)24-15-8-14-23-16-10-6-5-7-11-16/h6-7,10-13H,3-4,8-9,14-15H2,1-2H3. The molecule has 0 aliphatic rings. The van der Waals surface area contributed by atoms with Gasteiger partial charge >= 0.3 is 0 Å². The average molecular weight is 338 g/mol. The van der Waals surface area contributed by atoms with Crippen molar-refractivity contribution in [3.8, 4) is 11.5 Å². The molecule has 2 aromatic carbocycles. The lowest BCUT2D eigenvalue weighted by Crippen LogP contribution is -2.06. The summed E-state index contributed by atoms with van der Waals surface area (Å²) in [5, 5.41) is 5.29. The molecule has 0 bridgehead atoms. The molecular formula is C21H24NO3. The first-order valence-electron chi connectivity index (χ1n) is 8.95. The van der Waals surface area contributed by atoms with E-state index in [0.29, 0.717) is 13.2 Å². The third-order valence-corrected chi connectivity index (χ3v) is 4.11. The van der Waals surface area contributed by atoms with Crippen LogP contribution >= 0.6 is 0 Å². The Bertz CT molecular complexity index is 796. The van der Waals surface area contributed by atoms with Crippen LogP contribution in [-0.4, -0.2) is 18.4 Å². The lowest BCUT2D eigenvalue weighted by molar-refractivity contribution is 0.246. The molecule has 0 aliphatic heterocycles. The van der Waals surface area contributed by atoms with Crippen molar-refractivity contribution in [2.45, 2.75) is 39.5 Å². The number of ether oxygens (including phenoxy) is 2. The Kier molecular flexibility index (Phi) is 5.94. The first-order chi connectivity index (χ1) is 12.3. The summed E-state index contributed by atoms with van der Waals surface area (Å²) in [6.45, 7) is 5.48. The Morgan fingerprint density at radius 2 is 1.84 bits per heavy atom. The fourth-order valence-electron chi connectivity index (χ4n) is 2.87. The molecule has 0 N–H and O–H groups in total. The maximum Gasteiger partial charge on any atom is 0.174 e. The fourth-order valence-corrected chi connectivity index (χ4v) is 2.87. The Balaban J connectivity index is 1.61. The molecule has 0 aliphatic carbocycles. The summed E-state index contributed by atoms with van der Waals surface area (Å²) in [7, 11) is 0. The minimum atomic E-state index is 0.607. The third-order valence-electron chi connectivity index (χ3n) is 4.11. The van der Waals surface area contributed by atoms with Gasteiger partial charge in [0, 0.05) is 17.4 Å².